The highest BCUT2D eigenvalue weighted by Crippen LogP contribution is 2.42. The van der Waals surface area contributed by atoms with Crippen molar-refractivity contribution in [3.8, 4) is 11.5 Å². The standard InChI is InChI=1S/C56H90N4O2/c1-11-19-35-57(36-20-12-2)51-33-29-27-31-47(51)43-53(59(39-23-15-5)40-24-16-6)49-45-56(62-10)50(46-55(49)61-9)54(60(41-25-17-7)42-26-18-8)44-48-32-28-30-34-52(48)58(37-21-13-3)38-22-14-4/h27-34,43-46H,11-26,35-42H2,1-10H3. The summed E-state index contributed by atoms with van der Waals surface area (Å²) in [5.74, 6) is 1.77. The van der Waals surface area contributed by atoms with E-state index in [9.17, 15) is 0 Å². The third-order valence-electron chi connectivity index (χ3n) is 12.1. The van der Waals surface area contributed by atoms with Crippen molar-refractivity contribution < 1.29 is 9.47 Å². The molecule has 0 fully saturated rings. The van der Waals surface area contributed by atoms with Crippen LogP contribution in [0, 0.1) is 0 Å². The van der Waals surface area contributed by atoms with Gasteiger partial charge in [-0.05, 0) is 98.9 Å². The molecule has 0 amide bonds. The number of para-hydroxylation sites is 2. The predicted octanol–water partition coefficient (Wildman–Crippen LogP) is 15.3. The van der Waals surface area contributed by atoms with E-state index in [1.165, 1.54) is 85.3 Å². The Labute approximate surface area is 381 Å². The van der Waals surface area contributed by atoms with Gasteiger partial charge in [-0.3, -0.25) is 0 Å². The van der Waals surface area contributed by atoms with Crippen LogP contribution >= 0.6 is 0 Å². The monoisotopic (exact) mass is 851 g/mol. The van der Waals surface area contributed by atoms with Crippen LogP contribution in [0.5, 0.6) is 11.5 Å². The zero-order chi connectivity index (χ0) is 45.0. The van der Waals surface area contributed by atoms with Crippen LogP contribution in [-0.4, -0.2) is 76.4 Å². The summed E-state index contributed by atoms with van der Waals surface area (Å²) in [5, 5.41) is 0. The van der Waals surface area contributed by atoms with E-state index in [1.54, 1.807) is 0 Å². The van der Waals surface area contributed by atoms with Crippen molar-refractivity contribution in [3.05, 3.63) is 82.9 Å². The molecule has 0 aromatic heterocycles. The van der Waals surface area contributed by atoms with Gasteiger partial charge in [0.2, 0.25) is 0 Å². The summed E-state index contributed by atoms with van der Waals surface area (Å²) in [5.41, 5.74) is 9.74. The fourth-order valence-corrected chi connectivity index (χ4v) is 8.27. The highest BCUT2D eigenvalue weighted by Gasteiger charge is 2.25. The number of nitrogens with zero attached hydrogens (tertiary/aromatic N) is 4. The predicted molar refractivity (Wildman–Crippen MR) is 275 cm³/mol. The second-order valence-electron chi connectivity index (χ2n) is 17.2. The van der Waals surface area contributed by atoms with E-state index in [1.807, 2.05) is 14.2 Å². The first-order chi connectivity index (χ1) is 30.4. The Kier molecular flexibility index (Phi) is 26.1. The minimum absolute atomic E-state index is 0.883. The Morgan fingerprint density at radius 2 is 0.677 bits per heavy atom. The van der Waals surface area contributed by atoms with Crippen molar-refractivity contribution >= 4 is 34.9 Å². The minimum atomic E-state index is 0.883. The summed E-state index contributed by atoms with van der Waals surface area (Å²) < 4.78 is 13.1. The lowest BCUT2D eigenvalue weighted by atomic mass is 9.98. The van der Waals surface area contributed by atoms with Gasteiger partial charge in [0.15, 0.2) is 0 Å². The number of ether oxygens (including phenoxy) is 2. The van der Waals surface area contributed by atoms with E-state index in [2.05, 4.69) is 148 Å². The maximum atomic E-state index is 6.55. The number of benzene rings is 3. The Bertz CT molecular complexity index is 1560. The smallest absolute Gasteiger partial charge is 0.129 e. The molecule has 0 aliphatic rings. The van der Waals surface area contributed by atoms with Crippen LogP contribution in [0.15, 0.2) is 60.7 Å². The van der Waals surface area contributed by atoms with Crippen LogP contribution in [0.3, 0.4) is 0 Å². The average molecular weight is 851 g/mol. The summed E-state index contributed by atoms with van der Waals surface area (Å²) in [7, 11) is 3.70. The maximum Gasteiger partial charge on any atom is 0.129 e. The van der Waals surface area contributed by atoms with Crippen molar-refractivity contribution in [3.63, 3.8) is 0 Å². The third kappa shape index (κ3) is 16.2. The van der Waals surface area contributed by atoms with Crippen LogP contribution in [0.25, 0.3) is 23.5 Å². The molecule has 0 spiro atoms. The first-order valence-corrected chi connectivity index (χ1v) is 25.3. The zero-order valence-electron chi connectivity index (χ0n) is 41.5. The molecular weight excluding hydrogens is 761 g/mol. The molecule has 3 aromatic carbocycles. The minimum Gasteiger partial charge on any atom is -0.496 e. The van der Waals surface area contributed by atoms with E-state index >= 15 is 0 Å². The Morgan fingerprint density at radius 3 is 0.952 bits per heavy atom. The van der Waals surface area contributed by atoms with E-state index in [0.29, 0.717) is 0 Å². The van der Waals surface area contributed by atoms with E-state index in [4.69, 9.17) is 9.47 Å². The molecule has 62 heavy (non-hydrogen) atoms. The number of hydrogen-bond donors (Lipinski definition) is 0. The van der Waals surface area contributed by atoms with Crippen LogP contribution in [0.4, 0.5) is 11.4 Å². The van der Waals surface area contributed by atoms with E-state index in [0.717, 1.165) is 126 Å². The largest absolute Gasteiger partial charge is 0.496 e. The van der Waals surface area contributed by atoms with Crippen molar-refractivity contribution in [1.82, 2.24) is 9.80 Å². The van der Waals surface area contributed by atoms with Crippen LogP contribution in [0.2, 0.25) is 0 Å². The Balaban J connectivity index is 2.46. The molecule has 0 atom stereocenters. The highest BCUT2D eigenvalue weighted by atomic mass is 16.5. The fourth-order valence-electron chi connectivity index (χ4n) is 8.27. The normalized spacial score (nSPS) is 11.8. The first kappa shape index (κ1) is 52.3. The third-order valence-corrected chi connectivity index (χ3v) is 12.1. The molecule has 0 heterocycles. The highest BCUT2D eigenvalue weighted by molar-refractivity contribution is 5.91. The summed E-state index contributed by atoms with van der Waals surface area (Å²) in [6.07, 6.45) is 23.5. The summed E-state index contributed by atoms with van der Waals surface area (Å²) in [4.78, 5) is 10.5. The van der Waals surface area contributed by atoms with Crippen molar-refractivity contribution in [2.45, 2.75) is 158 Å². The average Bonchev–Trinajstić information content (AvgIpc) is 3.30. The van der Waals surface area contributed by atoms with Crippen LogP contribution in [-0.2, 0) is 0 Å². The number of unbranched alkanes of at least 4 members (excludes halogenated alkanes) is 8. The molecule has 0 saturated carbocycles. The molecule has 6 nitrogen and oxygen atoms in total. The summed E-state index contributed by atoms with van der Waals surface area (Å²) in [6, 6.07) is 22.7. The molecule has 0 saturated heterocycles. The first-order valence-electron chi connectivity index (χ1n) is 25.3. The molecular formula is C56H90N4O2. The maximum absolute atomic E-state index is 6.55. The van der Waals surface area contributed by atoms with E-state index < -0.39 is 0 Å². The SMILES string of the molecule is CCCCN(CCCC)C(=Cc1ccccc1N(CCCC)CCCC)c1cc(OC)c(C(=Cc2ccccc2N(CCCC)CCCC)N(CCCC)CCCC)cc1OC. The molecule has 0 unspecified atom stereocenters. The van der Waals surface area contributed by atoms with Gasteiger partial charge in [-0.25, -0.2) is 0 Å². The van der Waals surface area contributed by atoms with Gasteiger partial charge in [0.25, 0.3) is 0 Å². The van der Waals surface area contributed by atoms with Crippen molar-refractivity contribution in [2.75, 3.05) is 76.4 Å². The molecule has 3 rings (SSSR count). The lowest BCUT2D eigenvalue weighted by molar-refractivity contribution is 0.367. The summed E-state index contributed by atoms with van der Waals surface area (Å²) >= 11 is 0. The van der Waals surface area contributed by atoms with Crippen LogP contribution in [0.1, 0.15) is 180 Å². The van der Waals surface area contributed by atoms with Gasteiger partial charge in [0.05, 0.1) is 14.2 Å². The molecule has 346 valence electrons. The quantitative estimate of drug-likeness (QED) is 0.0557. The summed E-state index contributed by atoms with van der Waals surface area (Å²) in [6.45, 7) is 26.6. The lowest BCUT2D eigenvalue weighted by Crippen LogP contribution is -2.27. The second kappa shape index (κ2) is 30.9. The van der Waals surface area contributed by atoms with Crippen molar-refractivity contribution in [2.24, 2.45) is 0 Å². The van der Waals surface area contributed by atoms with Gasteiger partial charge in [0.1, 0.15) is 11.5 Å². The molecule has 0 N–H and O–H groups in total. The van der Waals surface area contributed by atoms with Gasteiger partial charge < -0.3 is 29.1 Å². The molecule has 6 heteroatoms. The number of hydrogen-bond acceptors (Lipinski definition) is 6. The van der Waals surface area contributed by atoms with Gasteiger partial charge in [-0.15, -0.1) is 0 Å². The number of rotatable bonds is 34. The molecule has 0 radical (unpaired) electrons. The molecule has 0 aliphatic carbocycles. The fraction of sp³-hybridized carbons (Fsp3) is 0.607. The van der Waals surface area contributed by atoms with Crippen LogP contribution < -0.4 is 19.3 Å². The number of methoxy groups -OCH3 is 2. The number of anilines is 2. The second-order valence-corrected chi connectivity index (χ2v) is 17.2. The molecule has 0 aliphatic heterocycles. The topological polar surface area (TPSA) is 31.4 Å². The molecule has 3 aromatic rings. The lowest BCUT2D eigenvalue weighted by Gasteiger charge is -2.32. The zero-order valence-corrected chi connectivity index (χ0v) is 41.5. The van der Waals surface area contributed by atoms with Gasteiger partial charge in [-0.1, -0.05) is 143 Å². The van der Waals surface area contributed by atoms with Gasteiger partial charge in [-0.2, -0.15) is 0 Å². The van der Waals surface area contributed by atoms with E-state index in [-0.39, 0.29) is 0 Å². The molecule has 0 bridgehead atoms. The Hall–Kier alpha value is -4.06. The Morgan fingerprint density at radius 1 is 0.403 bits per heavy atom. The van der Waals surface area contributed by atoms with Gasteiger partial charge >= 0.3 is 0 Å². The van der Waals surface area contributed by atoms with Gasteiger partial charge in [0, 0.05) is 86.3 Å². The van der Waals surface area contributed by atoms with Crippen molar-refractivity contribution in [1.29, 1.82) is 0 Å².